The SMILES string of the molecule is COc1ccc(-c2nnc(Cn3cnc4c(Cl)cc(Cl)cc4c3=O)o2)cc1. The fourth-order valence-corrected chi connectivity index (χ4v) is 3.16. The zero-order chi connectivity index (χ0) is 19.0. The molecule has 0 aliphatic heterocycles. The molecule has 0 bridgehead atoms. The minimum Gasteiger partial charge on any atom is -0.497 e. The smallest absolute Gasteiger partial charge is 0.261 e. The van der Waals surface area contributed by atoms with E-state index >= 15 is 0 Å². The molecule has 2 aromatic carbocycles. The first-order chi connectivity index (χ1) is 13.0. The van der Waals surface area contributed by atoms with Gasteiger partial charge < -0.3 is 9.15 Å². The molecule has 0 aliphatic rings. The Morgan fingerprint density at radius 1 is 1.15 bits per heavy atom. The van der Waals surface area contributed by atoms with Crippen molar-refractivity contribution in [3.63, 3.8) is 0 Å². The van der Waals surface area contributed by atoms with E-state index in [1.807, 2.05) is 12.1 Å². The fraction of sp³-hybridized carbons (Fsp3) is 0.111. The standard InChI is InChI=1S/C18H12Cl2N4O3/c1-26-12-4-2-10(3-5-12)17-23-22-15(27-17)8-24-9-21-16-13(18(24)25)6-11(19)7-14(16)20/h2-7,9H,8H2,1H3. The van der Waals surface area contributed by atoms with Gasteiger partial charge in [0.15, 0.2) is 0 Å². The van der Waals surface area contributed by atoms with Gasteiger partial charge in [0.2, 0.25) is 11.8 Å². The van der Waals surface area contributed by atoms with E-state index in [4.69, 9.17) is 32.4 Å². The van der Waals surface area contributed by atoms with E-state index in [0.29, 0.717) is 26.8 Å². The third-order valence-corrected chi connectivity index (χ3v) is 4.46. The summed E-state index contributed by atoms with van der Waals surface area (Å²) < 4.78 is 12.1. The largest absolute Gasteiger partial charge is 0.497 e. The molecule has 0 unspecified atom stereocenters. The number of hydrogen-bond acceptors (Lipinski definition) is 6. The van der Waals surface area contributed by atoms with Crippen LogP contribution in [0.25, 0.3) is 22.4 Å². The second-order valence-electron chi connectivity index (χ2n) is 5.69. The highest BCUT2D eigenvalue weighted by molar-refractivity contribution is 6.38. The Hall–Kier alpha value is -2.90. The number of methoxy groups -OCH3 is 1. The van der Waals surface area contributed by atoms with Crippen molar-refractivity contribution >= 4 is 34.1 Å². The Morgan fingerprint density at radius 2 is 1.93 bits per heavy atom. The number of hydrogen-bond donors (Lipinski definition) is 0. The molecule has 136 valence electrons. The monoisotopic (exact) mass is 402 g/mol. The van der Waals surface area contributed by atoms with Gasteiger partial charge in [-0.15, -0.1) is 10.2 Å². The van der Waals surface area contributed by atoms with Crippen molar-refractivity contribution in [2.75, 3.05) is 7.11 Å². The highest BCUT2D eigenvalue weighted by Crippen LogP contribution is 2.24. The summed E-state index contributed by atoms with van der Waals surface area (Å²) in [5.74, 6) is 1.35. The molecule has 0 saturated heterocycles. The molecule has 9 heteroatoms. The zero-order valence-electron chi connectivity index (χ0n) is 14.0. The van der Waals surface area contributed by atoms with Crippen LogP contribution in [-0.2, 0) is 6.54 Å². The van der Waals surface area contributed by atoms with Crippen LogP contribution in [0, 0.1) is 0 Å². The molecule has 27 heavy (non-hydrogen) atoms. The van der Waals surface area contributed by atoms with E-state index in [-0.39, 0.29) is 18.0 Å². The Labute approximate surface area is 163 Å². The summed E-state index contributed by atoms with van der Waals surface area (Å²) >= 11 is 12.1. The highest BCUT2D eigenvalue weighted by atomic mass is 35.5. The lowest BCUT2D eigenvalue weighted by molar-refractivity contribution is 0.415. The van der Waals surface area contributed by atoms with Crippen LogP contribution in [0.2, 0.25) is 10.0 Å². The van der Waals surface area contributed by atoms with Gasteiger partial charge in [0.25, 0.3) is 5.56 Å². The number of aromatic nitrogens is 4. The summed E-state index contributed by atoms with van der Waals surface area (Å²) in [6.45, 7) is 0.0784. The summed E-state index contributed by atoms with van der Waals surface area (Å²) in [5, 5.41) is 9.03. The molecule has 2 aromatic heterocycles. The molecule has 0 N–H and O–H groups in total. The number of rotatable bonds is 4. The van der Waals surface area contributed by atoms with Crippen molar-refractivity contribution in [2.24, 2.45) is 0 Å². The fourth-order valence-electron chi connectivity index (χ4n) is 2.62. The van der Waals surface area contributed by atoms with Gasteiger partial charge in [0.05, 0.1) is 29.4 Å². The molecule has 2 heterocycles. The first-order valence-corrected chi connectivity index (χ1v) is 8.62. The summed E-state index contributed by atoms with van der Waals surface area (Å²) in [4.78, 5) is 16.9. The second-order valence-corrected chi connectivity index (χ2v) is 6.53. The maximum absolute atomic E-state index is 12.7. The Bertz CT molecular complexity index is 1190. The van der Waals surface area contributed by atoms with Crippen molar-refractivity contribution in [3.05, 3.63) is 69.0 Å². The lowest BCUT2D eigenvalue weighted by atomic mass is 10.2. The number of halogens is 2. The maximum Gasteiger partial charge on any atom is 0.261 e. The van der Waals surface area contributed by atoms with Gasteiger partial charge in [0.1, 0.15) is 12.3 Å². The van der Waals surface area contributed by atoms with Crippen LogP contribution in [0.3, 0.4) is 0 Å². The van der Waals surface area contributed by atoms with Crippen molar-refractivity contribution in [3.8, 4) is 17.2 Å². The molecule has 0 fully saturated rings. The zero-order valence-corrected chi connectivity index (χ0v) is 15.5. The van der Waals surface area contributed by atoms with Crippen LogP contribution in [0.1, 0.15) is 5.89 Å². The van der Waals surface area contributed by atoms with E-state index in [1.54, 1.807) is 25.3 Å². The van der Waals surface area contributed by atoms with E-state index in [9.17, 15) is 4.79 Å². The van der Waals surface area contributed by atoms with Gasteiger partial charge in [-0.25, -0.2) is 4.98 Å². The average molecular weight is 403 g/mol. The number of fused-ring (bicyclic) bond motifs is 1. The predicted molar refractivity (Wildman–Crippen MR) is 101 cm³/mol. The van der Waals surface area contributed by atoms with Crippen LogP contribution < -0.4 is 10.3 Å². The molecule has 0 radical (unpaired) electrons. The lowest BCUT2D eigenvalue weighted by Gasteiger charge is -2.05. The normalized spacial score (nSPS) is 11.1. The second kappa shape index (κ2) is 7.02. The van der Waals surface area contributed by atoms with Gasteiger partial charge >= 0.3 is 0 Å². The predicted octanol–water partition coefficient (Wildman–Crippen LogP) is 3.81. The summed E-state index contributed by atoms with van der Waals surface area (Å²) in [5.41, 5.74) is 0.845. The number of ether oxygens (including phenoxy) is 1. The molecule has 4 rings (SSSR count). The Balaban J connectivity index is 1.66. The van der Waals surface area contributed by atoms with Crippen molar-refractivity contribution < 1.29 is 9.15 Å². The molecule has 0 atom stereocenters. The van der Waals surface area contributed by atoms with Crippen LogP contribution in [-0.4, -0.2) is 26.9 Å². The minimum atomic E-state index is -0.298. The van der Waals surface area contributed by atoms with E-state index in [1.165, 1.54) is 17.0 Å². The molecule has 0 saturated carbocycles. The summed E-state index contributed by atoms with van der Waals surface area (Å²) in [6, 6.07) is 10.3. The van der Waals surface area contributed by atoms with Crippen LogP contribution in [0.4, 0.5) is 0 Å². The van der Waals surface area contributed by atoms with E-state index in [0.717, 1.165) is 11.3 Å². The molecule has 0 aliphatic carbocycles. The van der Waals surface area contributed by atoms with Gasteiger partial charge in [0, 0.05) is 10.6 Å². The molecule has 4 aromatic rings. The summed E-state index contributed by atoms with van der Waals surface area (Å²) in [7, 11) is 1.59. The Kier molecular flexibility index (Phi) is 4.55. The minimum absolute atomic E-state index is 0.0784. The quantitative estimate of drug-likeness (QED) is 0.515. The summed E-state index contributed by atoms with van der Waals surface area (Å²) in [6.07, 6.45) is 1.39. The maximum atomic E-state index is 12.7. The van der Waals surface area contributed by atoms with Gasteiger partial charge in [-0.3, -0.25) is 9.36 Å². The van der Waals surface area contributed by atoms with Crippen molar-refractivity contribution in [1.29, 1.82) is 0 Å². The number of benzene rings is 2. The molecule has 0 spiro atoms. The van der Waals surface area contributed by atoms with Gasteiger partial charge in [-0.05, 0) is 36.4 Å². The third kappa shape index (κ3) is 3.39. The van der Waals surface area contributed by atoms with Crippen molar-refractivity contribution in [2.45, 2.75) is 6.54 Å². The Morgan fingerprint density at radius 3 is 2.67 bits per heavy atom. The van der Waals surface area contributed by atoms with E-state index in [2.05, 4.69) is 15.2 Å². The molecule has 0 amide bonds. The first-order valence-electron chi connectivity index (χ1n) is 7.86. The number of nitrogens with zero attached hydrogens (tertiary/aromatic N) is 4. The molecular formula is C18H12Cl2N4O3. The highest BCUT2D eigenvalue weighted by Gasteiger charge is 2.13. The topological polar surface area (TPSA) is 83.0 Å². The van der Waals surface area contributed by atoms with Gasteiger partial charge in [-0.2, -0.15) is 0 Å². The third-order valence-electron chi connectivity index (χ3n) is 3.96. The molecule has 7 nitrogen and oxygen atoms in total. The van der Waals surface area contributed by atoms with Crippen molar-refractivity contribution in [1.82, 2.24) is 19.7 Å². The van der Waals surface area contributed by atoms with Gasteiger partial charge in [-0.1, -0.05) is 23.2 Å². The van der Waals surface area contributed by atoms with Crippen LogP contribution in [0.5, 0.6) is 5.75 Å². The molecular weight excluding hydrogens is 391 g/mol. The van der Waals surface area contributed by atoms with Crippen LogP contribution in [0.15, 0.2) is 51.9 Å². The van der Waals surface area contributed by atoms with Crippen LogP contribution >= 0.6 is 23.2 Å². The first kappa shape index (κ1) is 17.5. The average Bonchev–Trinajstić information content (AvgIpc) is 3.13. The lowest BCUT2D eigenvalue weighted by Crippen LogP contribution is -2.21. The van der Waals surface area contributed by atoms with E-state index < -0.39 is 0 Å².